The number of halogens is 3. The summed E-state index contributed by atoms with van der Waals surface area (Å²) in [5, 5.41) is 5.15. The zero-order chi connectivity index (χ0) is 19.6. The van der Waals surface area contributed by atoms with Gasteiger partial charge in [-0.05, 0) is 43.0 Å². The lowest BCUT2D eigenvalue weighted by molar-refractivity contribution is -0.144. The summed E-state index contributed by atoms with van der Waals surface area (Å²) in [7, 11) is 0. The van der Waals surface area contributed by atoms with Gasteiger partial charge < -0.3 is 10.6 Å². The van der Waals surface area contributed by atoms with E-state index in [9.17, 15) is 27.6 Å². The first-order chi connectivity index (χ1) is 12.8. The van der Waals surface area contributed by atoms with Gasteiger partial charge >= 0.3 is 6.18 Å². The normalized spacial score (nSPS) is 24.4. The third kappa shape index (κ3) is 4.48. The summed E-state index contributed by atoms with van der Waals surface area (Å²) >= 11 is 0. The molecule has 146 valence electrons. The number of carbonyl (C=O) groups is 3. The number of Topliss-reactive ketones (excluding diaryl/α,β-unsaturated/α-hetero) is 1. The van der Waals surface area contributed by atoms with E-state index < -0.39 is 35.3 Å². The molecule has 1 saturated carbocycles. The number of hydrogen-bond donors (Lipinski definition) is 2. The Kier molecular flexibility index (Phi) is 5.53. The van der Waals surface area contributed by atoms with Crippen LogP contribution < -0.4 is 10.6 Å². The minimum Gasteiger partial charge on any atom is -0.352 e. The highest BCUT2D eigenvalue weighted by Gasteiger charge is 2.42. The summed E-state index contributed by atoms with van der Waals surface area (Å²) in [6.45, 7) is 0. The fraction of sp³-hybridized carbons (Fsp3) is 0.526. The summed E-state index contributed by atoms with van der Waals surface area (Å²) in [6.07, 6.45) is 0.855. The lowest BCUT2D eigenvalue weighted by Gasteiger charge is -2.35. The van der Waals surface area contributed by atoms with Crippen LogP contribution >= 0.6 is 0 Å². The van der Waals surface area contributed by atoms with E-state index in [1.807, 2.05) is 0 Å². The Morgan fingerprint density at radius 1 is 1.04 bits per heavy atom. The van der Waals surface area contributed by atoms with E-state index in [0.29, 0.717) is 0 Å². The van der Waals surface area contributed by atoms with Crippen LogP contribution in [-0.4, -0.2) is 23.6 Å². The summed E-state index contributed by atoms with van der Waals surface area (Å²) in [6, 6.07) is 3.61. The van der Waals surface area contributed by atoms with E-state index in [1.54, 1.807) is 0 Å². The number of benzene rings is 1. The van der Waals surface area contributed by atoms with Gasteiger partial charge in [0, 0.05) is 18.2 Å². The van der Waals surface area contributed by atoms with Crippen molar-refractivity contribution in [2.75, 3.05) is 5.32 Å². The minimum atomic E-state index is -4.48. The second-order valence-electron chi connectivity index (χ2n) is 7.18. The maximum absolute atomic E-state index is 12.6. The number of nitrogens with one attached hydrogen (secondary N) is 2. The van der Waals surface area contributed by atoms with Gasteiger partial charge in [-0.25, -0.2) is 0 Å². The second-order valence-corrected chi connectivity index (χ2v) is 7.18. The van der Waals surface area contributed by atoms with Crippen molar-refractivity contribution in [3.05, 3.63) is 29.8 Å². The molecule has 1 aromatic rings. The Balaban J connectivity index is 1.63. The van der Waals surface area contributed by atoms with Crippen molar-refractivity contribution in [2.24, 2.45) is 11.8 Å². The summed E-state index contributed by atoms with van der Waals surface area (Å²) in [5.41, 5.74) is -0.745. The predicted molar refractivity (Wildman–Crippen MR) is 91.7 cm³/mol. The first kappa shape index (κ1) is 19.4. The van der Waals surface area contributed by atoms with Crippen molar-refractivity contribution in [1.29, 1.82) is 0 Å². The molecule has 0 spiro atoms. The second kappa shape index (κ2) is 7.70. The van der Waals surface area contributed by atoms with Gasteiger partial charge in [0.25, 0.3) is 0 Å². The van der Waals surface area contributed by atoms with Gasteiger partial charge in [0.2, 0.25) is 11.8 Å². The number of alkyl halides is 3. The molecule has 2 atom stereocenters. The van der Waals surface area contributed by atoms with Crippen LogP contribution in [0, 0.1) is 11.8 Å². The molecule has 3 rings (SSSR count). The Bertz CT molecular complexity index is 707. The van der Waals surface area contributed by atoms with Gasteiger partial charge in [-0.3, -0.25) is 14.4 Å². The van der Waals surface area contributed by atoms with Crippen LogP contribution in [0.15, 0.2) is 24.3 Å². The Morgan fingerprint density at radius 2 is 1.67 bits per heavy atom. The van der Waals surface area contributed by atoms with Gasteiger partial charge in [-0.1, -0.05) is 19.3 Å². The maximum atomic E-state index is 12.6. The molecular formula is C19H21F3N2O3. The summed E-state index contributed by atoms with van der Waals surface area (Å²) in [4.78, 5) is 37.1. The Hall–Kier alpha value is -2.38. The van der Waals surface area contributed by atoms with Crippen LogP contribution in [0.2, 0.25) is 0 Å². The first-order valence-corrected chi connectivity index (χ1v) is 9.07. The van der Waals surface area contributed by atoms with Crippen LogP contribution in [-0.2, 0) is 20.6 Å². The van der Waals surface area contributed by atoms with Crippen molar-refractivity contribution in [1.82, 2.24) is 5.32 Å². The highest BCUT2D eigenvalue weighted by atomic mass is 19.4. The van der Waals surface area contributed by atoms with E-state index in [-0.39, 0.29) is 24.1 Å². The number of carbonyl (C=O) groups excluding carboxylic acids is 3. The van der Waals surface area contributed by atoms with Crippen molar-refractivity contribution >= 4 is 23.3 Å². The van der Waals surface area contributed by atoms with Crippen LogP contribution in [0.1, 0.15) is 44.1 Å². The molecule has 0 bridgehead atoms. The molecular weight excluding hydrogens is 361 g/mol. The third-order valence-electron chi connectivity index (χ3n) is 5.29. The van der Waals surface area contributed by atoms with E-state index in [2.05, 4.69) is 10.6 Å². The number of rotatable bonds is 3. The molecule has 1 aliphatic carbocycles. The monoisotopic (exact) mass is 382 g/mol. The average Bonchev–Trinajstić information content (AvgIpc) is 2.61. The Labute approximate surface area is 154 Å². The summed E-state index contributed by atoms with van der Waals surface area (Å²) < 4.78 is 37.7. The van der Waals surface area contributed by atoms with E-state index >= 15 is 0 Å². The topological polar surface area (TPSA) is 75.3 Å². The van der Waals surface area contributed by atoms with E-state index in [0.717, 1.165) is 56.4 Å². The quantitative estimate of drug-likeness (QED) is 0.788. The van der Waals surface area contributed by atoms with Crippen molar-refractivity contribution in [3.63, 3.8) is 0 Å². The van der Waals surface area contributed by atoms with Gasteiger partial charge in [0.15, 0.2) is 11.7 Å². The van der Waals surface area contributed by atoms with Gasteiger partial charge in [0.1, 0.15) is 0 Å². The number of anilines is 1. The van der Waals surface area contributed by atoms with Crippen molar-refractivity contribution in [2.45, 2.75) is 50.7 Å². The SMILES string of the molecule is O=C1CC(C2CCCCC2)NC(=O)C1C(=O)Nc1ccc(C(F)(F)F)cc1. The Morgan fingerprint density at radius 3 is 2.22 bits per heavy atom. The third-order valence-corrected chi connectivity index (χ3v) is 5.29. The number of amides is 2. The first-order valence-electron chi connectivity index (χ1n) is 9.07. The molecule has 2 N–H and O–H groups in total. The smallest absolute Gasteiger partial charge is 0.352 e. The molecule has 2 fully saturated rings. The van der Waals surface area contributed by atoms with Gasteiger partial charge in [0.05, 0.1) is 5.56 Å². The molecule has 8 heteroatoms. The van der Waals surface area contributed by atoms with Gasteiger partial charge in [-0.2, -0.15) is 13.2 Å². The molecule has 27 heavy (non-hydrogen) atoms. The molecule has 2 aliphatic rings. The van der Waals surface area contributed by atoms with Crippen LogP contribution in [0.25, 0.3) is 0 Å². The number of hydrogen-bond acceptors (Lipinski definition) is 3. The highest BCUT2D eigenvalue weighted by Crippen LogP contribution is 2.31. The van der Waals surface area contributed by atoms with E-state index in [4.69, 9.17) is 0 Å². The predicted octanol–water partition coefficient (Wildman–Crippen LogP) is 3.30. The summed E-state index contributed by atoms with van der Waals surface area (Å²) in [5.74, 6) is -3.11. The number of piperidine rings is 1. The molecule has 1 saturated heterocycles. The molecule has 1 aromatic carbocycles. The van der Waals surface area contributed by atoms with Crippen molar-refractivity contribution < 1.29 is 27.6 Å². The molecule has 2 amide bonds. The molecule has 5 nitrogen and oxygen atoms in total. The van der Waals surface area contributed by atoms with Crippen LogP contribution in [0.5, 0.6) is 0 Å². The average molecular weight is 382 g/mol. The zero-order valence-electron chi connectivity index (χ0n) is 14.6. The largest absolute Gasteiger partial charge is 0.416 e. The highest BCUT2D eigenvalue weighted by molar-refractivity contribution is 6.22. The fourth-order valence-corrected chi connectivity index (χ4v) is 3.84. The molecule has 1 aliphatic heterocycles. The lowest BCUT2D eigenvalue weighted by atomic mass is 9.78. The van der Waals surface area contributed by atoms with Crippen LogP contribution in [0.4, 0.5) is 18.9 Å². The standard InChI is InChI=1S/C19H21F3N2O3/c20-19(21,22)12-6-8-13(9-7-12)23-17(26)16-15(25)10-14(24-18(16)27)11-4-2-1-3-5-11/h6-9,11,14,16H,1-5,10H2,(H,23,26)(H,24,27). The van der Waals surface area contributed by atoms with Crippen LogP contribution in [0.3, 0.4) is 0 Å². The molecule has 1 heterocycles. The zero-order valence-corrected chi connectivity index (χ0v) is 14.6. The van der Waals surface area contributed by atoms with E-state index in [1.165, 1.54) is 0 Å². The number of ketones is 1. The van der Waals surface area contributed by atoms with Crippen molar-refractivity contribution in [3.8, 4) is 0 Å². The fourth-order valence-electron chi connectivity index (χ4n) is 3.84. The maximum Gasteiger partial charge on any atom is 0.416 e. The molecule has 0 radical (unpaired) electrons. The van der Waals surface area contributed by atoms with Gasteiger partial charge in [-0.15, -0.1) is 0 Å². The lowest BCUT2D eigenvalue weighted by Crippen LogP contribution is -2.55. The molecule has 0 aromatic heterocycles. The minimum absolute atomic E-state index is 0.100. The molecule has 2 unspecified atom stereocenters.